The highest BCUT2D eigenvalue weighted by Gasteiger charge is 2.46. The quantitative estimate of drug-likeness (QED) is 0.874. The lowest BCUT2D eigenvalue weighted by molar-refractivity contribution is -0.124. The molecule has 3 nitrogen and oxygen atoms in total. The molecule has 0 bridgehead atoms. The van der Waals surface area contributed by atoms with E-state index in [-0.39, 0.29) is 24.4 Å². The maximum absolute atomic E-state index is 11.9. The van der Waals surface area contributed by atoms with Gasteiger partial charge in [0.05, 0.1) is 11.6 Å². The Labute approximate surface area is 121 Å². The predicted octanol–water partition coefficient (Wildman–Crippen LogP) is 2.47. The number of hydrogen-bond acceptors (Lipinski definition) is 2. The molecule has 0 radical (unpaired) electrons. The number of carbonyl (C=O) groups excluding carboxylic acids is 1. The summed E-state index contributed by atoms with van der Waals surface area (Å²) < 4.78 is 1.14. The third-order valence-corrected chi connectivity index (χ3v) is 4.50. The average molecular weight is 332 g/mol. The third kappa shape index (κ3) is 2.29. The highest BCUT2D eigenvalue weighted by molar-refractivity contribution is 9.10. The van der Waals surface area contributed by atoms with E-state index in [4.69, 9.17) is 5.73 Å². The SMILES string of the molecule is Cl.NC1(C(=O)NC2CCc3c(Br)cccc32)CC1. The van der Waals surface area contributed by atoms with Crippen molar-refractivity contribution in [2.24, 2.45) is 5.73 Å². The van der Waals surface area contributed by atoms with Crippen molar-refractivity contribution in [1.29, 1.82) is 0 Å². The van der Waals surface area contributed by atoms with Crippen molar-refractivity contribution >= 4 is 34.2 Å². The molecule has 0 aliphatic heterocycles. The van der Waals surface area contributed by atoms with Gasteiger partial charge in [0.1, 0.15) is 0 Å². The highest BCUT2D eigenvalue weighted by atomic mass is 79.9. The van der Waals surface area contributed by atoms with Crippen LogP contribution in [0.3, 0.4) is 0 Å². The van der Waals surface area contributed by atoms with Crippen LogP contribution in [0.5, 0.6) is 0 Å². The maximum atomic E-state index is 11.9. The normalized spacial score (nSPS) is 22.9. The van der Waals surface area contributed by atoms with Gasteiger partial charge in [0.15, 0.2) is 0 Å². The van der Waals surface area contributed by atoms with Gasteiger partial charge in [-0.05, 0) is 42.9 Å². The first-order valence-electron chi connectivity index (χ1n) is 5.97. The fraction of sp³-hybridized carbons (Fsp3) is 0.462. The lowest BCUT2D eigenvalue weighted by Crippen LogP contribution is -2.43. The smallest absolute Gasteiger partial charge is 0.240 e. The van der Waals surface area contributed by atoms with Gasteiger partial charge in [-0.25, -0.2) is 0 Å². The molecule has 2 aliphatic rings. The average Bonchev–Trinajstić information content (AvgIpc) is 2.92. The zero-order valence-electron chi connectivity index (χ0n) is 9.91. The molecular formula is C13H16BrClN2O. The first kappa shape index (κ1) is 13.8. The lowest BCUT2D eigenvalue weighted by Gasteiger charge is -2.17. The van der Waals surface area contributed by atoms with Crippen LogP contribution in [-0.4, -0.2) is 11.4 Å². The summed E-state index contributed by atoms with van der Waals surface area (Å²) in [6, 6.07) is 6.29. The molecular weight excluding hydrogens is 316 g/mol. The molecule has 98 valence electrons. The van der Waals surface area contributed by atoms with E-state index < -0.39 is 5.54 Å². The van der Waals surface area contributed by atoms with Gasteiger partial charge in [-0.1, -0.05) is 28.1 Å². The zero-order chi connectivity index (χ0) is 12.0. The fourth-order valence-corrected chi connectivity index (χ4v) is 3.00. The summed E-state index contributed by atoms with van der Waals surface area (Å²) in [6.45, 7) is 0. The number of nitrogens with two attached hydrogens (primary N) is 1. The Hall–Kier alpha value is -0.580. The number of benzene rings is 1. The number of nitrogens with one attached hydrogen (secondary N) is 1. The minimum atomic E-state index is -0.575. The van der Waals surface area contributed by atoms with Crippen molar-refractivity contribution in [3.63, 3.8) is 0 Å². The van der Waals surface area contributed by atoms with Gasteiger partial charge in [0, 0.05) is 4.47 Å². The van der Waals surface area contributed by atoms with Crippen LogP contribution in [0.2, 0.25) is 0 Å². The summed E-state index contributed by atoms with van der Waals surface area (Å²) in [5.41, 5.74) is 7.87. The minimum Gasteiger partial charge on any atom is -0.348 e. The molecule has 0 spiro atoms. The van der Waals surface area contributed by atoms with Gasteiger partial charge in [-0.15, -0.1) is 12.4 Å². The van der Waals surface area contributed by atoms with E-state index in [1.807, 2.05) is 12.1 Å². The van der Waals surface area contributed by atoms with Crippen LogP contribution < -0.4 is 11.1 Å². The second-order valence-corrected chi connectivity index (χ2v) is 5.88. The molecule has 3 rings (SSSR count). The van der Waals surface area contributed by atoms with Gasteiger partial charge in [0.2, 0.25) is 5.91 Å². The Bertz CT molecular complexity index is 488. The monoisotopic (exact) mass is 330 g/mol. The molecule has 1 aromatic rings. The van der Waals surface area contributed by atoms with E-state index in [0.29, 0.717) is 0 Å². The molecule has 2 aliphatic carbocycles. The van der Waals surface area contributed by atoms with Crippen LogP contribution in [0.15, 0.2) is 22.7 Å². The summed E-state index contributed by atoms with van der Waals surface area (Å²) in [4.78, 5) is 11.9. The van der Waals surface area contributed by atoms with Crippen LogP contribution in [0.25, 0.3) is 0 Å². The topological polar surface area (TPSA) is 55.1 Å². The second kappa shape index (κ2) is 4.83. The molecule has 1 aromatic carbocycles. The Kier molecular flexibility index (Phi) is 3.72. The molecule has 0 saturated heterocycles. The van der Waals surface area contributed by atoms with Crippen molar-refractivity contribution in [1.82, 2.24) is 5.32 Å². The molecule has 1 saturated carbocycles. The van der Waals surface area contributed by atoms with E-state index >= 15 is 0 Å². The predicted molar refractivity (Wildman–Crippen MR) is 76.7 cm³/mol. The van der Waals surface area contributed by atoms with Crippen molar-refractivity contribution in [3.8, 4) is 0 Å². The first-order chi connectivity index (χ1) is 8.10. The van der Waals surface area contributed by atoms with E-state index in [2.05, 4.69) is 27.3 Å². The number of fused-ring (bicyclic) bond motifs is 1. The Balaban J connectivity index is 0.00000120. The number of carbonyl (C=O) groups is 1. The maximum Gasteiger partial charge on any atom is 0.240 e. The summed E-state index contributed by atoms with van der Waals surface area (Å²) in [5, 5.41) is 3.08. The molecule has 5 heteroatoms. The van der Waals surface area contributed by atoms with Crippen LogP contribution in [-0.2, 0) is 11.2 Å². The van der Waals surface area contributed by atoms with Crippen LogP contribution in [0, 0.1) is 0 Å². The van der Waals surface area contributed by atoms with Crippen molar-refractivity contribution in [3.05, 3.63) is 33.8 Å². The van der Waals surface area contributed by atoms with Crippen LogP contribution >= 0.6 is 28.3 Å². The molecule has 0 aromatic heterocycles. The van der Waals surface area contributed by atoms with Crippen molar-refractivity contribution in [2.45, 2.75) is 37.3 Å². The van der Waals surface area contributed by atoms with Gasteiger partial charge >= 0.3 is 0 Å². The van der Waals surface area contributed by atoms with Gasteiger partial charge < -0.3 is 11.1 Å². The Morgan fingerprint density at radius 1 is 1.44 bits per heavy atom. The molecule has 3 N–H and O–H groups in total. The molecule has 18 heavy (non-hydrogen) atoms. The molecule has 1 unspecified atom stereocenters. The van der Waals surface area contributed by atoms with Gasteiger partial charge in [0.25, 0.3) is 0 Å². The summed E-state index contributed by atoms with van der Waals surface area (Å²) in [6.07, 6.45) is 3.62. The highest BCUT2D eigenvalue weighted by Crippen LogP contribution is 2.38. The second-order valence-electron chi connectivity index (χ2n) is 5.03. The van der Waals surface area contributed by atoms with Crippen LogP contribution in [0.4, 0.5) is 0 Å². The summed E-state index contributed by atoms with van der Waals surface area (Å²) in [7, 11) is 0. The Morgan fingerprint density at radius 3 is 2.83 bits per heavy atom. The van der Waals surface area contributed by atoms with E-state index in [0.717, 1.165) is 30.2 Å². The van der Waals surface area contributed by atoms with E-state index in [1.54, 1.807) is 0 Å². The number of halogens is 2. The zero-order valence-corrected chi connectivity index (χ0v) is 12.3. The molecule has 0 heterocycles. The molecule has 1 atom stereocenters. The van der Waals surface area contributed by atoms with Crippen LogP contribution in [0.1, 0.15) is 36.4 Å². The number of amides is 1. The van der Waals surface area contributed by atoms with E-state index in [1.165, 1.54) is 11.1 Å². The largest absolute Gasteiger partial charge is 0.348 e. The number of rotatable bonds is 2. The molecule has 1 fully saturated rings. The number of hydrogen-bond donors (Lipinski definition) is 2. The Morgan fingerprint density at radius 2 is 2.17 bits per heavy atom. The van der Waals surface area contributed by atoms with E-state index in [9.17, 15) is 4.79 Å². The van der Waals surface area contributed by atoms with Gasteiger partial charge in [-0.2, -0.15) is 0 Å². The lowest BCUT2D eigenvalue weighted by atomic mass is 10.1. The third-order valence-electron chi connectivity index (χ3n) is 3.76. The van der Waals surface area contributed by atoms with Gasteiger partial charge in [-0.3, -0.25) is 4.79 Å². The molecule has 1 amide bonds. The summed E-state index contributed by atoms with van der Waals surface area (Å²) in [5.74, 6) is 0.00956. The first-order valence-corrected chi connectivity index (χ1v) is 6.77. The minimum absolute atomic E-state index is 0. The van der Waals surface area contributed by atoms with Crippen molar-refractivity contribution < 1.29 is 4.79 Å². The van der Waals surface area contributed by atoms with Crippen molar-refractivity contribution in [2.75, 3.05) is 0 Å². The summed E-state index contributed by atoms with van der Waals surface area (Å²) >= 11 is 3.56. The standard InChI is InChI=1S/C13H15BrN2O.ClH/c14-10-3-1-2-9-8(10)4-5-11(9)16-12(17)13(15)6-7-13;/h1-3,11H,4-7,15H2,(H,16,17);1H. The fourth-order valence-electron chi connectivity index (χ4n) is 2.42.